The molecule has 0 bridgehead atoms. The van der Waals surface area contributed by atoms with Gasteiger partial charge >= 0.3 is 0 Å². The van der Waals surface area contributed by atoms with Gasteiger partial charge in [0, 0.05) is 19.1 Å². The summed E-state index contributed by atoms with van der Waals surface area (Å²) in [6.07, 6.45) is 8.11. The van der Waals surface area contributed by atoms with Crippen molar-refractivity contribution in [2.75, 3.05) is 19.6 Å². The summed E-state index contributed by atoms with van der Waals surface area (Å²) in [5.41, 5.74) is 1.07. The third-order valence-corrected chi connectivity index (χ3v) is 8.53. The van der Waals surface area contributed by atoms with Gasteiger partial charge in [0.2, 0.25) is 15.9 Å². The molecule has 2 aliphatic rings. The summed E-state index contributed by atoms with van der Waals surface area (Å²) in [5, 5.41) is 0. The van der Waals surface area contributed by atoms with Crippen molar-refractivity contribution in [1.82, 2.24) is 9.21 Å². The summed E-state index contributed by atoms with van der Waals surface area (Å²) < 4.78 is 28.9. The highest BCUT2D eigenvalue weighted by Crippen LogP contribution is 2.31. The first kappa shape index (κ1) is 24.2. The molecule has 0 heterocycles. The molecule has 0 saturated heterocycles. The molecular weight excluding hydrogens is 408 g/mol. The number of hydrogen-bond donors (Lipinski definition) is 0. The molecule has 2 saturated carbocycles. The summed E-state index contributed by atoms with van der Waals surface area (Å²) in [6.45, 7) is 9.85. The Hall–Kier alpha value is -1.40. The van der Waals surface area contributed by atoms with E-state index in [4.69, 9.17) is 0 Å². The van der Waals surface area contributed by atoms with Gasteiger partial charge in [0.05, 0.1) is 11.4 Å². The fourth-order valence-electron chi connectivity index (χ4n) is 4.47. The standard InChI is InChI=1S/C25H40N2O3S/c1-5-17-26(18-20-11-12-20)24(28)19-27(22-9-7-6-8-10-22)31(29,30)23-15-13-21(14-16-23)25(2,3)4/h13-16,20,22H,5-12,17-19H2,1-4H3. The average Bonchev–Trinajstić information content (AvgIpc) is 3.55. The van der Waals surface area contributed by atoms with E-state index in [-0.39, 0.29) is 23.9 Å². The van der Waals surface area contributed by atoms with E-state index in [9.17, 15) is 13.2 Å². The molecule has 0 unspecified atom stereocenters. The van der Waals surface area contributed by atoms with E-state index in [0.29, 0.717) is 17.4 Å². The molecule has 1 aromatic carbocycles. The van der Waals surface area contributed by atoms with Gasteiger partial charge in [0.25, 0.3) is 0 Å². The zero-order valence-electron chi connectivity index (χ0n) is 19.8. The summed E-state index contributed by atoms with van der Waals surface area (Å²) >= 11 is 0. The van der Waals surface area contributed by atoms with Crippen LogP contribution in [0.5, 0.6) is 0 Å². The number of rotatable bonds is 9. The van der Waals surface area contributed by atoms with Crippen molar-refractivity contribution in [2.45, 2.75) is 95.4 Å². The smallest absolute Gasteiger partial charge is 0.243 e. The van der Waals surface area contributed by atoms with Gasteiger partial charge in [0.1, 0.15) is 0 Å². The number of carbonyl (C=O) groups excluding carboxylic acids is 1. The Balaban J connectivity index is 1.85. The lowest BCUT2D eigenvalue weighted by Crippen LogP contribution is -2.48. The molecule has 0 aromatic heterocycles. The van der Waals surface area contributed by atoms with Gasteiger partial charge in [0.15, 0.2) is 0 Å². The van der Waals surface area contributed by atoms with Crippen molar-refractivity contribution in [3.05, 3.63) is 29.8 Å². The van der Waals surface area contributed by atoms with Crippen LogP contribution in [0.25, 0.3) is 0 Å². The molecular formula is C25H40N2O3S. The summed E-state index contributed by atoms with van der Waals surface area (Å²) in [6, 6.07) is 7.15. The molecule has 0 radical (unpaired) electrons. The van der Waals surface area contributed by atoms with E-state index >= 15 is 0 Å². The molecule has 6 heteroatoms. The highest BCUT2D eigenvalue weighted by atomic mass is 32.2. The van der Waals surface area contributed by atoms with Crippen molar-refractivity contribution in [1.29, 1.82) is 0 Å². The van der Waals surface area contributed by atoms with Crippen LogP contribution in [0.4, 0.5) is 0 Å². The maximum absolute atomic E-state index is 13.7. The minimum Gasteiger partial charge on any atom is -0.341 e. The van der Waals surface area contributed by atoms with Gasteiger partial charge in [-0.15, -0.1) is 0 Å². The second-order valence-electron chi connectivity index (χ2n) is 10.4. The van der Waals surface area contributed by atoms with Crippen LogP contribution in [-0.2, 0) is 20.2 Å². The van der Waals surface area contributed by atoms with Gasteiger partial charge in [-0.3, -0.25) is 4.79 Å². The van der Waals surface area contributed by atoms with Crippen LogP contribution in [0, 0.1) is 5.92 Å². The Labute approximate surface area is 189 Å². The van der Waals surface area contributed by atoms with Crippen LogP contribution < -0.4 is 0 Å². The van der Waals surface area contributed by atoms with Crippen molar-refractivity contribution < 1.29 is 13.2 Å². The van der Waals surface area contributed by atoms with Crippen molar-refractivity contribution >= 4 is 15.9 Å². The fraction of sp³-hybridized carbons (Fsp3) is 0.720. The highest BCUT2D eigenvalue weighted by Gasteiger charge is 2.36. The normalized spacial score (nSPS) is 18.4. The van der Waals surface area contributed by atoms with Crippen LogP contribution in [0.3, 0.4) is 0 Å². The second kappa shape index (κ2) is 10.0. The predicted molar refractivity (Wildman–Crippen MR) is 126 cm³/mol. The predicted octanol–water partition coefficient (Wildman–Crippen LogP) is 4.96. The Morgan fingerprint density at radius 2 is 1.61 bits per heavy atom. The van der Waals surface area contributed by atoms with Gasteiger partial charge in [-0.25, -0.2) is 8.42 Å². The molecule has 31 heavy (non-hydrogen) atoms. The molecule has 0 spiro atoms. The van der Waals surface area contributed by atoms with Crippen molar-refractivity contribution in [3.8, 4) is 0 Å². The lowest BCUT2D eigenvalue weighted by molar-refractivity contribution is -0.132. The number of hydrogen-bond acceptors (Lipinski definition) is 3. The van der Waals surface area contributed by atoms with E-state index in [0.717, 1.165) is 50.6 Å². The molecule has 1 amide bonds. The molecule has 0 atom stereocenters. The Kier molecular flexibility index (Phi) is 7.85. The third kappa shape index (κ3) is 6.32. The van der Waals surface area contributed by atoms with Crippen molar-refractivity contribution in [3.63, 3.8) is 0 Å². The van der Waals surface area contributed by atoms with Crippen LogP contribution in [0.15, 0.2) is 29.2 Å². The van der Waals surface area contributed by atoms with E-state index in [1.807, 2.05) is 17.0 Å². The number of carbonyl (C=O) groups is 1. The topological polar surface area (TPSA) is 57.7 Å². The second-order valence-corrected chi connectivity index (χ2v) is 12.3. The summed E-state index contributed by atoms with van der Waals surface area (Å²) in [5.74, 6) is 0.550. The fourth-order valence-corrected chi connectivity index (χ4v) is 6.11. The number of benzene rings is 1. The highest BCUT2D eigenvalue weighted by molar-refractivity contribution is 7.89. The number of sulfonamides is 1. The first-order valence-electron chi connectivity index (χ1n) is 12.0. The van der Waals surface area contributed by atoms with Crippen LogP contribution in [-0.4, -0.2) is 49.2 Å². The lowest BCUT2D eigenvalue weighted by atomic mass is 9.87. The van der Waals surface area contributed by atoms with Gasteiger partial charge < -0.3 is 4.90 Å². The molecule has 3 rings (SSSR count). The monoisotopic (exact) mass is 448 g/mol. The number of amides is 1. The van der Waals surface area contributed by atoms with E-state index in [1.54, 1.807) is 12.1 Å². The van der Waals surface area contributed by atoms with Gasteiger partial charge in [-0.1, -0.05) is 59.1 Å². The largest absolute Gasteiger partial charge is 0.341 e. The molecule has 0 aliphatic heterocycles. The Morgan fingerprint density at radius 1 is 1.00 bits per heavy atom. The van der Waals surface area contributed by atoms with E-state index in [2.05, 4.69) is 27.7 Å². The summed E-state index contributed by atoms with van der Waals surface area (Å²) in [4.78, 5) is 15.4. The average molecular weight is 449 g/mol. The van der Waals surface area contributed by atoms with E-state index in [1.165, 1.54) is 17.1 Å². The SMILES string of the molecule is CCCN(CC1CC1)C(=O)CN(C1CCCCC1)S(=O)(=O)c1ccc(C(C)(C)C)cc1. The molecule has 1 aromatic rings. The lowest BCUT2D eigenvalue weighted by Gasteiger charge is -2.34. The maximum Gasteiger partial charge on any atom is 0.243 e. The molecule has 5 nitrogen and oxygen atoms in total. The van der Waals surface area contributed by atoms with Crippen molar-refractivity contribution in [2.24, 2.45) is 5.92 Å². The van der Waals surface area contributed by atoms with Gasteiger partial charge in [-0.2, -0.15) is 4.31 Å². The first-order valence-corrected chi connectivity index (χ1v) is 13.5. The van der Waals surface area contributed by atoms with Crippen LogP contribution >= 0.6 is 0 Å². The zero-order chi connectivity index (χ0) is 22.6. The minimum atomic E-state index is -3.73. The number of nitrogens with zero attached hydrogens (tertiary/aromatic N) is 2. The minimum absolute atomic E-state index is 0.0369. The quantitative estimate of drug-likeness (QED) is 0.537. The third-order valence-electron chi connectivity index (χ3n) is 6.62. The van der Waals surface area contributed by atoms with Crippen LogP contribution in [0.1, 0.15) is 84.6 Å². The molecule has 174 valence electrons. The molecule has 2 fully saturated rings. The Bertz CT molecular complexity index is 833. The van der Waals surface area contributed by atoms with Gasteiger partial charge in [-0.05, 0) is 61.1 Å². The maximum atomic E-state index is 13.7. The Morgan fingerprint density at radius 3 is 2.13 bits per heavy atom. The zero-order valence-corrected chi connectivity index (χ0v) is 20.6. The summed E-state index contributed by atoms with van der Waals surface area (Å²) in [7, 11) is -3.73. The molecule has 0 N–H and O–H groups in total. The first-order chi connectivity index (χ1) is 14.6. The van der Waals surface area contributed by atoms with Crippen LogP contribution in [0.2, 0.25) is 0 Å². The molecule has 2 aliphatic carbocycles. The van der Waals surface area contributed by atoms with E-state index < -0.39 is 10.0 Å².